The van der Waals surface area contributed by atoms with Crippen LogP contribution in [0.25, 0.3) is 67.2 Å². The molecule has 1 aliphatic heterocycles. The van der Waals surface area contributed by atoms with Gasteiger partial charge in [-0.05, 0) is 52.6 Å². The van der Waals surface area contributed by atoms with Crippen molar-refractivity contribution in [1.29, 1.82) is 0 Å². The van der Waals surface area contributed by atoms with E-state index in [-0.39, 0.29) is 0 Å². The van der Waals surface area contributed by atoms with Crippen molar-refractivity contribution in [2.24, 2.45) is 0 Å². The van der Waals surface area contributed by atoms with Crippen LogP contribution in [0.1, 0.15) is 22.3 Å². The number of nitrogens with zero attached hydrogens (tertiary/aromatic N) is 3. The third kappa shape index (κ3) is 3.94. The lowest BCUT2D eigenvalue weighted by Crippen LogP contribution is -2.32. The Labute approximate surface area is 293 Å². The number of hydrogen-bond donors (Lipinski definition) is 0. The van der Waals surface area contributed by atoms with Crippen LogP contribution in [0, 0.1) is 0 Å². The molecule has 0 bridgehead atoms. The summed E-state index contributed by atoms with van der Waals surface area (Å²) in [6.45, 7) is 0. The molecular formula is C46H27N3O2. The van der Waals surface area contributed by atoms with Crippen LogP contribution in [0.2, 0.25) is 0 Å². The number of rotatable bonds is 3. The molecule has 0 fully saturated rings. The zero-order valence-electron chi connectivity index (χ0n) is 27.2. The first-order valence-electron chi connectivity index (χ1n) is 17.1. The minimum atomic E-state index is -0.670. The Bertz CT molecular complexity index is 2740. The van der Waals surface area contributed by atoms with E-state index in [4.69, 9.17) is 24.1 Å². The van der Waals surface area contributed by atoms with Crippen molar-refractivity contribution in [3.05, 3.63) is 186 Å². The molecule has 0 saturated carbocycles. The second-order valence-corrected chi connectivity index (χ2v) is 13.1. The van der Waals surface area contributed by atoms with Crippen molar-refractivity contribution < 1.29 is 9.15 Å². The lowest BCUT2D eigenvalue weighted by Gasteiger charge is -2.39. The van der Waals surface area contributed by atoms with Crippen LogP contribution < -0.4 is 4.74 Å². The monoisotopic (exact) mass is 653 g/mol. The lowest BCUT2D eigenvalue weighted by molar-refractivity contribution is 0.436. The first-order chi connectivity index (χ1) is 25.3. The Morgan fingerprint density at radius 3 is 1.65 bits per heavy atom. The molecule has 5 nitrogen and oxygen atoms in total. The summed E-state index contributed by atoms with van der Waals surface area (Å²) in [5, 5.41) is 2.22. The molecule has 3 heterocycles. The number of hydrogen-bond acceptors (Lipinski definition) is 5. The van der Waals surface area contributed by atoms with Crippen molar-refractivity contribution in [3.63, 3.8) is 0 Å². The third-order valence-electron chi connectivity index (χ3n) is 10.4. The van der Waals surface area contributed by atoms with Gasteiger partial charge in [0.25, 0.3) is 0 Å². The maximum Gasteiger partial charge on any atom is 0.164 e. The first-order valence-corrected chi connectivity index (χ1v) is 17.1. The van der Waals surface area contributed by atoms with Crippen molar-refractivity contribution in [2.45, 2.75) is 5.41 Å². The third-order valence-corrected chi connectivity index (χ3v) is 10.4. The van der Waals surface area contributed by atoms with E-state index >= 15 is 0 Å². The molecule has 0 saturated heterocycles. The van der Waals surface area contributed by atoms with Crippen LogP contribution in [-0.4, -0.2) is 15.0 Å². The van der Waals surface area contributed by atoms with Gasteiger partial charge in [-0.1, -0.05) is 133 Å². The normalized spacial score (nSPS) is 13.4. The fraction of sp³-hybridized carbons (Fsp3) is 0.0217. The molecule has 11 rings (SSSR count). The van der Waals surface area contributed by atoms with Gasteiger partial charge in [0.2, 0.25) is 0 Å². The van der Waals surface area contributed by atoms with E-state index in [1.807, 2.05) is 84.9 Å². The molecule has 51 heavy (non-hydrogen) atoms. The summed E-state index contributed by atoms with van der Waals surface area (Å²) in [4.78, 5) is 15.2. The first kappa shape index (κ1) is 28.0. The lowest BCUT2D eigenvalue weighted by atomic mass is 9.66. The number of ether oxygens (including phenoxy) is 1. The second-order valence-electron chi connectivity index (χ2n) is 13.1. The van der Waals surface area contributed by atoms with Gasteiger partial charge in [-0.25, -0.2) is 15.0 Å². The van der Waals surface area contributed by atoms with E-state index in [9.17, 15) is 0 Å². The largest absolute Gasteiger partial charge is 0.457 e. The Morgan fingerprint density at radius 2 is 0.980 bits per heavy atom. The molecule has 1 spiro atoms. The van der Waals surface area contributed by atoms with E-state index in [1.165, 1.54) is 11.1 Å². The van der Waals surface area contributed by atoms with Crippen LogP contribution in [0.3, 0.4) is 0 Å². The van der Waals surface area contributed by atoms with E-state index < -0.39 is 5.41 Å². The van der Waals surface area contributed by atoms with Crippen LogP contribution >= 0.6 is 0 Å². The zero-order valence-corrected chi connectivity index (χ0v) is 27.2. The highest BCUT2D eigenvalue weighted by Gasteiger charge is 2.52. The Morgan fingerprint density at radius 1 is 0.412 bits per heavy atom. The van der Waals surface area contributed by atoms with Gasteiger partial charge >= 0.3 is 0 Å². The number of benzene rings is 7. The molecule has 7 aromatic carbocycles. The van der Waals surface area contributed by atoms with E-state index in [0.29, 0.717) is 17.5 Å². The maximum absolute atomic E-state index is 6.63. The van der Waals surface area contributed by atoms with Crippen molar-refractivity contribution >= 4 is 21.9 Å². The molecule has 0 atom stereocenters. The number of aromatic nitrogens is 3. The van der Waals surface area contributed by atoms with Gasteiger partial charge in [0.15, 0.2) is 17.5 Å². The minimum Gasteiger partial charge on any atom is -0.457 e. The van der Waals surface area contributed by atoms with Gasteiger partial charge in [0.05, 0.1) is 5.41 Å². The molecule has 0 amide bonds. The fourth-order valence-electron chi connectivity index (χ4n) is 8.28. The predicted octanol–water partition coefficient (Wildman–Crippen LogP) is 11.2. The van der Waals surface area contributed by atoms with Crippen molar-refractivity contribution in [1.82, 2.24) is 15.0 Å². The average molecular weight is 654 g/mol. The molecule has 9 aromatic rings. The average Bonchev–Trinajstić information content (AvgIpc) is 3.72. The molecule has 2 aromatic heterocycles. The van der Waals surface area contributed by atoms with Gasteiger partial charge in [-0.3, -0.25) is 0 Å². The van der Waals surface area contributed by atoms with Crippen LogP contribution in [0.15, 0.2) is 168 Å². The smallest absolute Gasteiger partial charge is 0.164 e. The van der Waals surface area contributed by atoms with E-state index in [2.05, 4.69) is 78.9 Å². The van der Waals surface area contributed by atoms with E-state index in [1.54, 1.807) is 0 Å². The molecule has 1 aliphatic carbocycles. The van der Waals surface area contributed by atoms with Crippen molar-refractivity contribution in [2.75, 3.05) is 0 Å². The summed E-state index contributed by atoms with van der Waals surface area (Å²) in [7, 11) is 0. The SMILES string of the molecule is c1ccc(-c2nc(-c3ccccc3)nc(-c3ccc4c(c3)C3(c5ccccc5Oc5ccccc53)c3ccc5oc6ccccc6c5c3-4)n2)cc1. The molecule has 2 aliphatic rings. The zero-order chi connectivity index (χ0) is 33.5. The molecular weight excluding hydrogens is 627 g/mol. The Hall–Kier alpha value is -6.85. The number of furan rings is 1. The molecule has 5 heteroatoms. The van der Waals surface area contributed by atoms with Crippen molar-refractivity contribution in [3.8, 4) is 56.8 Å². The van der Waals surface area contributed by atoms with Crippen LogP contribution in [0.4, 0.5) is 0 Å². The Kier molecular flexibility index (Phi) is 5.81. The highest BCUT2D eigenvalue weighted by atomic mass is 16.5. The van der Waals surface area contributed by atoms with Gasteiger partial charge in [0.1, 0.15) is 22.7 Å². The number of fused-ring (bicyclic) bond motifs is 13. The highest BCUT2D eigenvalue weighted by Crippen LogP contribution is 2.64. The van der Waals surface area contributed by atoms with Gasteiger partial charge in [-0.2, -0.15) is 0 Å². The van der Waals surface area contributed by atoms with Gasteiger partial charge in [0, 0.05) is 38.6 Å². The standard InChI is InChI=1S/C46H27N3O2/c1-3-13-28(14-4-1)43-47-44(29-15-5-2-6-16-29)49-45(48-43)30-23-24-31-36(27-30)46(33-18-8-11-21-38(33)51-39-22-12-9-19-34(39)46)35-25-26-40-42(41(31)35)32-17-7-10-20-37(32)50-40/h1-27H. The molecule has 0 N–H and O–H groups in total. The number of para-hydroxylation sites is 3. The summed E-state index contributed by atoms with van der Waals surface area (Å²) in [5.74, 6) is 3.56. The highest BCUT2D eigenvalue weighted by molar-refractivity contribution is 6.15. The molecule has 0 unspecified atom stereocenters. The fourth-order valence-corrected chi connectivity index (χ4v) is 8.28. The summed E-state index contributed by atoms with van der Waals surface area (Å²) >= 11 is 0. The second kappa shape index (κ2) is 10.6. The summed E-state index contributed by atoms with van der Waals surface area (Å²) in [5.41, 5.74) is 10.7. The topological polar surface area (TPSA) is 61.0 Å². The molecule has 0 radical (unpaired) electrons. The van der Waals surface area contributed by atoms with Crippen LogP contribution in [0.5, 0.6) is 11.5 Å². The van der Waals surface area contributed by atoms with Gasteiger partial charge in [-0.15, -0.1) is 0 Å². The minimum absolute atomic E-state index is 0.615. The van der Waals surface area contributed by atoms with Crippen LogP contribution in [-0.2, 0) is 5.41 Å². The summed E-state index contributed by atoms with van der Waals surface area (Å²) in [6.07, 6.45) is 0. The summed E-state index contributed by atoms with van der Waals surface area (Å²) < 4.78 is 13.1. The summed E-state index contributed by atoms with van der Waals surface area (Å²) in [6, 6.07) is 56.5. The quantitative estimate of drug-likeness (QED) is 0.190. The van der Waals surface area contributed by atoms with E-state index in [0.717, 1.165) is 72.4 Å². The predicted molar refractivity (Wildman–Crippen MR) is 201 cm³/mol. The maximum atomic E-state index is 6.63. The Balaban J connectivity index is 1.25. The van der Waals surface area contributed by atoms with Gasteiger partial charge < -0.3 is 9.15 Å². The molecule has 238 valence electrons.